The fraction of sp³-hybridized carbons (Fsp3) is 0.462. The Labute approximate surface area is 214 Å². The van der Waals surface area contributed by atoms with Gasteiger partial charge in [0, 0.05) is 58.8 Å². The Hall–Kier alpha value is -3.86. The second kappa shape index (κ2) is 9.22. The number of amides is 2. The number of pyridine rings is 1. The topological polar surface area (TPSA) is 122 Å². The third kappa shape index (κ3) is 4.12. The van der Waals surface area contributed by atoms with Crippen molar-refractivity contribution in [2.24, 2.45) is 7.05 Å². The van der Waals surface area contributed by atoms with Crippen molar-refractivity contribution in [2.45, 2.75) is 31.3 Å². The number of aromatic nitrogens is 3. The zero-order valence-electron chi connectivity index (χ0n) is 21.0. The number of nitrogens with two attached hydrogens (primary N) is 1. The number of piperazine rings is 1. The maximum atomic E-state index is 13.3. The zero-order valence-corrected chi connectivity index (χ0v) is 21.0. The fourth-order valence-corrected chi connectivity index (χ4v) is 6.09. The van der Waals surface area contributed by atoms with Crippen molar-refractivity contribution in [3.8, 4) is 0 Å². The first-order chi connectivity index (χ1) is 17.9. The van der Waals surface area contributed by atoms with Crippen LogP contribution >= 0.6 is 0 Å². The van der Waals surface area contributed by atoms with Crippen LogP contribution in [0.3, 0.4) is 0 Å². The number of para-hydroxylation sites is 1. The molecule has 3 aliphatic heterocycles. The summed E-state index contributed by atoms with van der Waals surface area (Å²) in [5, 5.41) is 2.38. The zero-order chi connectivity index (χ0) is 25.7. The molecule has 0 saturated carbocycles. The largest absolute Gasteiger partial charge is 0.384 e. The quantitative estimate of drug-likeness (QED) is 0.498. The molecule has 1 unspecified atom stereocenters. The van der Waals surface area contributed by atoms with Crippen LogP contribution in [0, 0.1) is 0 Å². The Kier molecular flexibility index (Phi) is 5.86. The Balaban J connectivity index is 1.20. The van der Waals surface area contributed by atoms with Gasteiger partial charge in [0.05, 0.1) is 28.6 Å². The molecule has 0 spiro atoms. The number of anilines is 3. The van der Waals surface area contributed by atoms with Gasteiger partial charge in [0.2, 0.25) is 11.8 Å². The minimum Gasteiger partial charge on any atom is -0.384 e. The van der Waals surface area contributed by atoms with Crippen LogP contribution in [0.4, 0.5) is 17.2 Å². The van der Waals surface area contributed by atoms with E-state index in [-0.39, 0.29) is 18.0 Å². The number of rotatable bonds is 4. The summed E-state index contributed by atoms with van der Waals surface area (Å²) in [6, 6.07) is 9.54. The normalized spacial score (nSPS) is 23.2. The molecule has 11 nitrogen and oxygen atoms in total. The highest BCUT2D eigenvalue weighted by Gasteiger charge is 2.34. The first kappa shape index (κ1) is 23.5. The predicted octanol–water partition coefficient (Wildman–Crippen LogP) is 0.696. The van der Waals surface area contributed by atoms with Gasteiger partial charge in [-0.15, -0.1) is 0 Å². The molecular weight excluding hydrogens is 472 g/mol. The first-order valence-electron chi connectivity index (χ1n) is 12.9. The van der Waals surface area contributed by atoms with Crippen molar-refractivity contribution in [1.29, 1.82) is 0 Å². The van der Waals surface area contributed by atoms with Crippen molar-refractivity contribution < 1.29 is 9.59 Å². The maximum Gasteiger partial charge on any atom is 0.329 e. The lowest BCUT2D eigenvalue weighted by molar-refractivity contribution is -0.135. The summed E-state index contributed by atoms with van der Waals surface area (Å²) >= 11 is 0. The number of benzene rings is 1. The molecule has 6 rings (SSSR count). The number of hydrogen-bond acceptors (Lipinski definition) is 8. The first-order valence-corrected chi connectivity index (χ1v) is 12.9. The number of imidazole rings is 1. The van der Waals surface area contributed by atoms with Gasteiger partial charge < -0.3 is 15.5 Å². The Morgan fingerprint density at radius 3 is 2.51 bits per heavy atom. The molecule has 0 aliphatic carbocycles. The van der Waals surface area contributed by atoms with E-state index in [0.29, 0.717) is 18.3 Å². The van der Waals surface area contributed by atoms with Gasteiger partial charge >= 0.3 is 5.69 Å². The Morgan fingerprint density at radius 2 is 1.78 bits per heavy atom. The molecule has 3 aromatic rings. The van der Waals surface area contributed by atoms with Crippen molar-refractivity contribution >= 4 is 40.0 Å². The molecule has 2 atom stereocenters. The molecule has 37 heavy (non-hydrogen) atoms. The van der Waals surface area contributed by atoms with E-state index in [9.17, 15) is 14.4 Å². The second-order valence-corrected chi connectivity index (χ2v) is 10.2. The third-order valence-corrected chi connectivity index (χ3v) is 8.07. The van der Waals surface area contributed by atoms with E-state index in [2.05, 4.69) is 31.1 Å². The molecule has 3 saturated heterocycles. The molecule has 2 aromatic heterocycles. The van der Waals surface area contributed by atoms with E-state index >= 15 is 0 Å². The summed E-state index contributed by atoms with van der Waals surface area (Å²) in [4.78, 5) is 49.0. The number of nitrogens with one attached hydrogen (secondary N) is 1. The van der Waals surface area contributed by atoms with Crippen molar-refractivity contribution in [2.75, 3.05) is 54.8 Å². The number of carbonyl (C=O) groups excluding carboxylic acids is 2. The minimum absolute atomic E-state index is 0.231. The Bertz CT molecular complexity index is 1400. The lowest BCUT2D eigenvalue weighted by atomic mass is 10.1. The van der Waals surface area contributed by atoms with Crippen LogP contribution in [0.15, 0.2) is 41.3 Å². The number of nitrogens with zero attached hydrogens (tertiary/aromatic N) is 6. The maximum absolute atomic E-state index is 13.3. The van der Waals surface area contributed by atoms with E-state index in [4.69, 9.17) is 5.73 Å². The molecule has 1 aromatic carbocycles. The number of imide groups is 1. The average molecular weight is 505 g/mol. The summed E-state index contributed by atoms with van der Waals surface area (Å²) < 4.78 is 3.20. The molecule has 3 aliphatic rings. The van der Waals surface area contributed by atoms with Gasteiger partial charge in [0.25, 0.3) is 0 Å². The highest BCUT2D eigenvalue weighted by molar-refractivity contribution is 6.00. The van der Waals surface area contributed by atoms with Crippen LogP contribution in [0.2, 0.25) is 0 Å². The molecule has 5 heterocycles. The number of hydrogen-bond donors (Lipinski definition) is 2. The lowest BCUT2D eigenvalue weighted by Gasteiger charge is -2.39. The van der Waals surface area contributed by atoms with Crippen molar-refractivity contribution in [1.82, 2.24) is 24.3 Å². The SMILES string of the molecule is Cn1c(=O)n(C2CCC(=O)NC2=O)c2cccc(N3CC[C@@H](N4CCN(c5ccc(N)nc5)CC4)C3)c21. The van der Waals surface area contributed by atoms with Crippen LogP contribution in [0.25, 0.3) is 11.0 Å². The van der Waals surface area contributed by atoms with Gasteiger partial charge in [0.15, 0.2) is 0 Å². The van der Waals surface area contributed by atoms with Crippen molar-refractivity contribution in [3.63, 3.8) is 0 Å². The van der Waals surface area contributed by atoms with E-state index in [0.717, 1.165) is 68.1 Å². The predicted molar refractivity (Wildman–Crippen MR) is 142 cm³/mol. The van der Waals surface area contributed by atoms with Crippen LogP contribution < -0.4 is 26.5 Å². The molecule has 0 bridgehead atoms. The average Bonchev–Trinajstić information content (AvgIpc) is 3.49. The molecule has 194 valence electrons. The van der Waals surface area contributed by atoms with Gasteiger partial charge in [-0.2, -0.15) is 0 Å². The minimum atomic E-state index is -0.678. The highest BCUT2D eigenvalue weighted by atomic mass is 16.2. The van der Waals surface area contributed by atoms with E-state index in [1.54, 1.807) is 16.2 Å². The summed E-state index contributed by atoms with van der Waals surface area (Å²) in [5.74, 6) is -0.163. The highest BCUT2D eigenvalue weighted by Crippen LogP contribution is 2.32. The molecule has 11 heteroatoms. The molecule has 0 radical (unpaired) electrons. The van der Waals surface area contributed by atoms with E-state index in [1.165, 1.54) is 0 Å². The number of nitrogen functional groups attached to an aromatic ring is 1. The van der Waals surface area contributed by atoms with Gasteiger partial charge in [-0.1, -0.05) is 6.07 Å². The standard InChI is InChI=1S/C26H32N8O3/c1-30-24-19(3-2-4-20(24)34(26(30)37)21-6-8-23(35)29-25(21)36)33-10-9-18(16-33)32-13-11-31(12-14-32)17-5-7-22(27)28-15-17/h2-5,7,15,18,21H,6,8-14,16H2,1H3,(H2,27,28)(H,29,35,36)/t18-,21?/m1/s1. The van der Waals surface area contributed by atoms with Crippen LogP contribution in [-0.4, -0.2) is 76.1 Å². The van der Waals surface area contributed by atoms with E-state index < -0.39 is 11.9 Å². The van der Waals surface area contributed by atoms with Gasteiger partial charge in [-0.05, 0) is 37.1 Å². The number of fused-ring (bicyclic) bond motifs is 1. The van der Waals surface area contributed by atoms with Crippen LogP contribution in [-0.2, 0) is 16.6 Å². The summed E-state index contributed by atoms with van der Waals surface area (Å²) in [7, 11) is 1.76. The van der Waals surface area contributed by atoms with E-state index in [1.807, 2.05) is 30.5 Å². The van der Waals surface area contributed by atoms with Crippen LogP contribution in [0.5, 0.6) is 0 Å². The molecule has 3 fully saturated rings. The van der Waals surface area contributed by atoms with Crippen molar-refractivity contribution in [3.05, 3.63) is 47.0 Å². The van der Waals surface area contributed by atoms with Gasteiger partial charge in [-0.25, -0.2) is 9.78 Å². The number of aryl methyl sites for hydroxylation is 1. The van der Waals surface area contributed by atoms with Gasteiger partial charge in [0.1, 0.15) is 11.9 Å². The summed E-state index contributed by atoms with van der Waals surface area (Å²) in [6.07, 6.45) is 3.46. The second-order valence-electron chi connectivity index (χ2n) is 10.2. The van der Waals surface area contributed by atoms with Gasteiger partial charge in [-0.3, -0.25) is 28.9 Å². The lowest BCUT2D eigenvalue weighted by Crippen LogP contribution is -2.51. The number of carbonyl (C=O) groups is 2. The molecule has 3 N–H and O–H groups in total. The summed E-state index contributed by atoms with van der Waals surface area (Å²) in [6.45, 7) is 5.65. The summed E-state index contributed by atoms with van der Waals surface area (Å²) in [5.41, 5.74) is 9.18. The van der Waals surface area contributed by atoms with Crippen LogP contribution in [0.1, 0.15) is 25.3 Å². The molecule has 2 amide bonds. The molecular formula is C26H32N8O3. The monoisotopic (exact) mass is 504 g/mol. The smallest absolute Gasteiger partial charge is 0.329 e. The Morgan fingerprint density at radius 1 is 0.973 bits per heavy atom. The number of piperidine rings is 1. The fourth-order valence-electron chi connectivity index (χ4n) is 6.09. The third-order valence-electron chi connectivity index (χ3n) is 8.07.